The molecule has 1 heterocycles. The summed E-state index contributed by atoms with van der Waals surface area (Å²) in [7, 11) is 2.16. The summed E-state index contributed by atoms with van der Waals surface area (Å²) in [6, 6.07) is 3.33. The van der Waals surface area contributed by atoms with Gasteiger partial charge in [-0.15, -0.1) is 0 Å². The van der Waals surface area contributed by atoms with E-state index in [1.54, 1.807) is 0 Å². The van der Waals surface area contributed by atoms with Crippen LogP contribution in [0.4, 0.5) is 0 Å². The number of thioether (sulfide) groups is 1. The van der Waals surface area contributed by atoms with E-state index in [0.29, 0.717) is 18.5 Å². The van der Waals surface area contributed by atoms with Crippen LogP contribution in [0.2, 0.25) is 0 Å². The third-order valence-corrected chi connectivity index (χ3v) is 4.52. The van der Waals surface area contributed by atoms with Crippen molar-refractivity contribution < 1.29 is 0 Å². The van der Waals surface area contributed by atoms with Crippen molar-refractivity contribution in [3.63, 3.8) is 0 Å². The Morgan fingerprint density at radius 2 is 2.29 bits per heavy atom. The minimum Gasteiger partial charge on any atom is -0.299 e. The number of hydrogen-bond acceptors (Lipinski definition) is 3. The number of hydrogen-bond donors (Lipinski definition) is 0. The predicted molar refractivity (Wildman–Crippen MR) is 62.4 cm³/mol. The first-order valence-corrected chi connectivity index (χ1v) is 6.40. The molecule has 0 radical (unpaired) electrons. The maximum atomic E-state index is 8.64. The van der Waals surface area contributed by atoms with E-state index in [1.165, 1.54) is 18.6 Å². The molecule has 1 saturated heterocycles. The Labute approximate surface area is 91.7 Å². The van der Waals surface area contributed by atoms with E-state index >= 15 is 0 Å². The van der Waals surface area contributed by atoms with Crippen molar-refractivity contribution in [2.75, 3.05) is 12.8 Å². The second-order valence-electron chi connectivity index (χ2n) is 4.25. The highest BCUT2D eigenvalue weighted by Gasteiger charge is 2.24. The molecule has 3 heteroatoms. The summed E-state index contributed by atoms with van der Waals surface area (Å²) in [5, 5.41) is 9.47. The molecular formula is C11H20N2S. The fourth-order valence-corrected chi connectivity index (χ4v) is 3.08. The molecule has 80 valence electrons. The van der Waals surface area contributed by atoms with E-state index in [0.717, 1.165) is 5.25 Å². The van der Waals surface area contributed by atoms with E-state index in [2.05, 4.69) is 43.6 Å². The molecule has 1 aliphatic rings. The maximum Gasteiger partial charge on any atom is 0.0638 e. The molecular weight excluding hydrogens is 192 g/mol. The third kappa shape index (κ3) is 3.18. The van der Waals surface area contributed by atoms with Crippen LogP contribution in [0.5, 0.6) is 0 Å². The molecule has 0 amide bonds. The minimum absolute atomic E-state index is 0.402. The molecule has 0 bridgehead atoms. The lowest BCUT2D eigenvalue weighted by molar-refractivity contribution is 0.187. The van der Waals surface area contributed by atoms with Crippen LogP contribution in [-0.4, -0.2) is 35.0 Å². The van der Waals surface area contributed by atoms with Gasteiger partial charge in [0.05, 0.1) is 12.5 Å². The number of nitrogens with zero attached hydrogens (tertiary/aromatic N) is 2. The zero-order valence-corrected chi connectivity index (χ0v) is 10.2. The van der Waals surface area contributed by atoms with Gasteiger partial charge in [0.2, 0.25) is 0 Å². The van der Waals surface area contributed by atoms with Gasteiger partial charge in [-0.1, -0.05) is 6.92 Å². The molecule has 3 unspecified atom stereocenters. The summed E-state index contributed by atoms with van der Waals surface area (Å²) in [6.07, 6.45) is 3.26. The lowest BCUT2D eigenvalue weighted by Crippen LogP contribution is -2.42. The second kappa shape index (κ2) is 5.63. The van der Waals surface area contributed by atoms with Crippen LogP contribution in [0.15, 0.2) is 0 Å². The molecule has 1 fully saturated rings. The van der Waals surface area contributed by atoms with Crippen LogP contribution >= 0.6 is 11.8 Å². The van der Waals surface area contributed by atoms with Crippen molar-refractivity contribution in [2.45, 2.75) is 50.4 Å². The predicted octanol–water partition coefficient (Wildman–Crippen LogP) is 2.50. The van der Waals surface area contributed by atoms with Gasteiger partial charge in [-0.05, 0) is 26.8 Å². The van der Waals surface area contributed by atoms with Crippen LogP contribution in [0.1, 0.15) is 33.1 Å². The number of nitriles is 1. The van der Waals surface area contributed by atoms with Gasteiger partial charge in [-0.25, -0.2) is 0 Å². The second-order valence-corrected chi connectivity index (χ2v) is 5.72. The SMILES string of the molecule is CC1CCC(N(C)C(C)CC#N)CS1. The summed E-state index contributed by atoms with van der Waals surface area (Å²) >= 11 is 2.07. The summed E-state index contributed by atoms with van der Waals surface area (Å²) in [4.78, 5) is 2.38. The molecule has 0 aromatic heterocycles. The van der Waals surface area contributed by atoms with Crippen molar-refractivity contribution >= 4 is 11.8 Å². The minimum atomic E-state index is 0.402. The fraction of sp³-hybridized carbons (Fsp3) is 0.909. The molecule has 1 rings (SSSR count). The van der Waals surface area contributed by atoms with Crippen LogP contribution in [-0.2, 0) is 0 Å². The summed E-state index contributed by atoms with van der Waals surface area (Å²) in [5.74, 6) is 1.23. The Morgan fingerprint density at radius 3 is 2.79 bits per heavy atom. The zero-order chi connectivity index (χ0) is 10.6. The lowest BCUT2D eigenvalue weighted by Gasteiger charge is -2.36. The molecule has 0 N–H and O–H groups in total. The van der Waals surface area contributed by atoms with Gasteiger partial charge in [0.1, 0.15) is 0 Å². The first-order valence-electron chi connectivity index (χ1n) is 5.35. The quantitative estimate of drug-likeness (QED) is 0.719. The van der Waals surface area contributed by atoms with Crippen LogP contribution in [0, 0.1) is 11.3 Å². The van der Waals surface area contributed by atoms with Crippen LogP contribution < -0.4 is 0 Å². The highest BCUT2D eigenvalue weighted by molar-refractivity contribution is 7.99. The van der Waals surface area contributed by atoms with E-state index in [4.69, 9.17) is 5.26 Å². The van der Waals surface area contributed by atoms with Crippen molar-refractivity contribution in [1.82, 2.24) is 4.90 Å². The largest absolute Gasteiger partial charge is 0.299 e. The Morgan fingerprint density at radius 1 is 1.57 bits per heavy atom. The molecule has 0 aromatic rings. The highest BCUT2D eigenvalue weighted by atomic mass is 32.2. The van der Waals surface area contributed by atoms with Crippen molar-refractivity contribution in [1.29, 1.82) is 5.26 Å². The average Bonchev–Trinajstić information content (AvgIpc) is 2.18. The smallest absolute Gasteiger partial charge is 0.0638 e. The molecule has 0 saturated carbocycles. The zero-order valence-electron chi connectivity index (χ0n) is 9.36. The Hall–Kier alpha value is -0.200. The van der Waals surface area contributed by atoms with Crippen molar-refractivity contribution in [3.8, 4) is 6.07 Å². The Kier molecular flexibility index (Phi) is 4.77. The fourth-order valence-electron chi connectivity index (χ4n) is 1.83. The van der Waals surface area contributed by atoms with Gasteiger partial charge in [-0.3, -0.25) is 4.90 Å². The Balaban J connectivity index is 2.37. The van der Waals surface area contributed by atoms with E-state index in [1.807, 2.05) is 0 Å². The lowest BCUT2D eigenvalue weighted by atomic mass is 10.1. The summed E-state index contributed by atoms with van der Waals surface area (Å²) in [6.45, 7) is 4.45. The molecule has 0 aromatic carbocycles. The van der Waals surface area contributed by atoms with Crippen LogP contribution in [0.25, 0.3) is 0 Å². The van der Waals surface area contributed by atoms with E-state index in [-0.39, 0.29) is 0 Å². The average molecular weight is 212 g/mol. The first-order chi connectivity index (χ1) is 6.65. The standard InChI is InChI=1S/C11H20N2S/c1-9(6-7-12)13(3)11-5-4-10(2)14-8-11/h9-11H,4-6,8H2,1-3H3. The van der Waals surface area contributed by atoms with Gasteiger partial charge in [-0.2, -0.15) is 17.0 Å². The van der Waals surface area contributed by atoms with Gasteiger partial charge in [0, 0.05) is 23.1 Å². The normalized spacial score (nSPS) is 29.9. The van der Waals surface area contributed by atoms with Crippen LogP contribution in [0.3, 0.4) is 0 Å². The first kappa shape index (κ1) is 11.9. The topological polar surface area (TPSA) is 27.0 Å². The molecule has 14 heavy (non-hydrogen) atoms. The molecule has 0 spiro atoms. The van der Waals surface area contributed by atoms with E-state index < -0.39 is 0 Å². The molecule has 1 aliphatic heterocycles. The van der Waals surface area contributed by atoms with Gasteiger partial charge in [0.15, 0.2) is 0 Å². The highest BCUT2D eigenvalue weighted by Crippen LogP contribution is 2.28. The van der Waals surface area contributed by atoms with Crippen molar-refractivity contribution in [2.24, 2.45) is 0 Å². The van der Waals surface area contributed by atoms with Gasteiger partial charge >= 0.3 is 0 Å². The van der Waals surface area contributed by atoms with Crippen molar-refractivity contribution in [3.05, 3.63) is 0 Å². The summed E-state index contributed by atoms with van der Waals surface area (Å²) in [5.41, 5.74) is 0. The number of rotatable bonds is 3. The molecule has 0 aliphatic carbocycles. The van der Waals surface area contributed by atoms with Gasteiger partial charge < -0.3 is 0 Å². The maximum absolute atomic E-state index is 8.64. The Bertz CT molecular complexity index is 204. The molecule has 2 nitrogen and oxygen atoms in total. The third-order valence-electron chi connectivity index (χ3n) is 3.14. The van der Waals surface area contributed by atoms with E-state index in [9.17, 15) is 0 Å². The molecule has 3 atom stereocenters. The summed E-state index contributed by atoms with van der Waals surface area (Å²) < 4.78 is 0. The van der Waals surface area contributed by atoms with Gasteiger partial charge in [0.25, 0.3) is 0 Å². The monoisotopic (exact) mass is 212 g/mol.